The first-order chi connectivity index (χ1) is 8.07. The molecule has 1 saturated heterocycles. The number of rotatable bonds is 7. The Morgan fingerprint density at radius 3 is 2.82 bits per heavy atom. The molecule has 3 heteroatoms. The zero-order valence-corrected chi connectivity index (χ0v) is 12.1. The molecule has 1 atom stereocenters. The zero-order chi connectivity index (χ0) is 12.7. The highest BCUT2D eigenvalue weighted by Crippen LogP contribution is 2.22. The molecule has 1 heterocycles. The summed E-state index contributed by atoms with van der Waals surface area (Å²) in [5, 5.41) is 3.46. The largest absolute Gasteiger partial charge is 0.384 e. The van der Waals surface area contributed by atoms with Gasteiger partial charge in [-0.05, 0) is 37.3 Å². The molecule has 0 aromatic heterocycles. The van der Waals surface area contributed by atoms with E-state index in [2.05, 4.69) is 31.0 Å². The van der Waals surface area contributed by atoms with Gasteiger partial charge in [-0.2, -0.15) is 0 Å². The molecule has 0 saturated carbocycles. The first-order valence-electron chi connectivity index (χ1n) is 6.99. The molecule has 0 aliphatic carbocycles. The molecule has 3 nitrogen and oxygen atoms in total. The van der Waals surface area contributed by atoms with Crippen molar-refractivity contribution in [3.05, 3.63) is 0 Å². The lowest BCUT2D eigenvalue weighted by atomic mass is 9.90. The summed E-state index contributed by atoms with van der Waals surface area (Å²) in [5.41, 5.74) is 0.366. The summed E-state index contributed by atoms with van der Waals surface area (Å²) in [6.45, 7) is 13.6. The minimum Gasteiger partial charge on any atom is -0.384 e. The van der Waals surface area contributed by atoms with E-state index in [-0.39, 0.29) is 0 Å². The minimum atomic E-state index is 0.366. The van der Waals surface area contributed by atoms with Gasteiger partial charge in [-0.1, -0.05) is 20.8 Å². The summed E-state index contributed by atoms with van der Waals surface area (Å²) < 4.78 is 5.29. The molecule has 0 spiro atoms. The van der Waals surface area contributed by atoms with Crippen molar-refractivity contribution in [1.29, 1.82) is 0 Å². The minimum absolute atomic E-state index is 0.366. The predicted octanol–water partition coefficient (Wildman–Crippen LogP) is 1.98. The van der Waals surface area contributed by atoms with Crippen molar-refractivity contribution >= 4 is 0 Å². The molecule has 0 radical (unpaired) electrons. The third kappa shape index (κ3) is 5.84. The van der Waals surface area contributed by atoms with Gasteiger partial charge in [0, 0.05) is 26.7 Å². The second kappa shape index (κ2) is 7.34. The van der Waals surface area contributed by atoms with Crippen molar-refractivity contribution < 1.29 is 4.74 Å². The van der Waals surface area contributed by atoms with E-state index in [0.717, 1.165) is 25.6 Å². The van der Waals surface area contributed by atoms with Crippen LogP contribution in [0.1, 0.15) is 33.6 Å². The predicted molar refractivity (Wildman–Crippen MR) is 73.4 cm³/mol. The molecule has 17 heavy (non-hydrogen) atoms. The average molecular weight is 242 g/mol. The normalized spacial score (nSPS) is 22.9. The Labute approximate surface area is 107 Å². The van der Waals surface area contributed by atoms with Gasteiger partial charge in [-0.15, -0.1) is 0 Å². The molecule has 1 fully saturated rings. The van der Waals surface area contributed by atoms with E-state index in [1.165, 1.54) is 32.5 Å². The Morgan fingerprint density at radius 2 is 2.18 bits per heavy atom. The molecular formula is C14H30N2O. The lowest BCUT2D eigenvalue weighted by Crippen LogP contribution is -2.45. The number of nitrogens with one attached hydrogen (secondary N) is 1. The molecule has 0 aromatic carbocycles. The van der Waals surface area contributed by atoms with Gasteiger partial charge >= 0.3 is 0 Å². The van der Waals surface area contributed by atoms with Crippen molar-refractivity contribution in [2.45, 2.75) is 33.6 Å². The number of hydrogen-bond acceptors (Lipinski definition) is 3. The summed E-state index contributed by atoms with van der Waals surface area (Å²) in [4.78, 5) is 2.62. The maximum absolute atomic E-state index is 5.29. The van der Waals surface area contributed by atoms with Crippen LogP contribution in [0.15, 0.2) is 0 Å². The molecule has 1 N–H and O–H groups in total. The standard InChI is InChI=1S/C14H30N2O/c1-5-15-11-14(2,3)12-16-8-6-7-13(9-16)10-17-4/h13,15H,5-12H2,1-4H3. The summed E-state index contributed by atoms with van der Waals surface area (Å²) in [6.07, 6.45) is 2.66. The van der Waals surface area contributed by atoms with Crippen LogP contribution in [0, 0.1) is 11.3 Å². The van der Waals surface area contributed by atoms with E-state index < -0.39 is 0 Å². The molecule has 0 bridgehead atoms. The quantitative estimate of drug-likeness (QED) is 0.739. The van der Waals surface area contributed by atoms with Crippen molar-refractivity contribution in [3.63, 3.8) is 0 Å². The SMILES string of the molecule is CCNCC(C)(C)CN1CCCC(COC)C1. The van der Waals surface area contributed by atoms with Gasteiger partial charge in [0.2, 0.25) is 0 Å². The fourth-order valence-electron chi connectivity index (χ4n) is 2.79. The van der Waals surface area contributed by atoms with E-state index >= 15 is 0 Å². The van der Waals surface area contributed by atoms with Crippen molar-refractivity contribution in [1.82, 2.24) is 10.2 Å². The lowest BCUT2D eigenvalue weighted by molar-refractivity contribution is 0.0704. The highest BCUT2D eigenvalue weighted by Gasteiger charge is 2.25. The second-order valence-electron chi connectivity index (χ2n) is 6.14. The maximum atomic E-state index is 5.29. The van der Waals surface area contributed by atoms with Gasteiger partial charge in [0.05, 0.1) is 6.61 Å². The molecule has 0 amide bonds. The second-order valence-corrected chi connectivity index (χ2v) is 6.14. The van der Waals surface area contributed by atoms with Gasteiger partial charge in [-0.25, -0.2) is 0 Å². The number of hydrogen-bond donors (Lipinski definition) is 1. The summed E-state index contributed by atoms with van der Waals surface area (Å²) in [7, 11) is 1.81. The van der Waals surface area contributed by atoms with Gasteiger partial charge in [0.1, 0.15) is 0 Å². The van der Waals surface area contributed by atoms with Crippen LogP contribution in [0.25, 0.3) is 0 Å². The van der Waals surface area contributed by atoms with Gasteiger partial charge in [0.25, 0.3) is 0 Å². The van der Waals surface area contributed by atoms with Crippen LogP contribution in [0.5, 0.6) is 0 Å². The number of piperidine rings is 1. The van der Waals surface area contributed by atoms with Gasteiger partial charge in [-0.3, -0.25) is 0 Å². The van der Waals surface area contributed by atoms with Gasteiger partial charge < -0.3 is 15.0 Å². The molecular weight excluding hydrogens is 212 g/mol. The zero-order valence-electron chi connectivity index (χ0n) is 12.1. The molecule has 102 valence electrons. The third-order valence-electron chi connectivity index (χ3n) is 3.51. The highest BCUT2D eigenvalue weighted by molar-refractivity contribution is 4.80. The van der Waals surface area contributed by atoms with Crippen LogP contribution in [-0.4, -0.2) is 51.3 Å². The molecule has 0 aromatic rings. The fourth-order valence-corrected chi connectivity index (χ4v) is 2.79. The van der Waals surface area contributed by atoms with Crippen LogP contribution < -0.4 is 5.32 Å². The Balaban J connectivity index is 2.34. The summed E-state index contributed by atoms with van der Waals surface area (Å²) in [5.74, 6) is 0.740. The Hall–Kier alpha value is -0.120. The van der Waals surface area contributed by atoms with Crippen molar-refractivity contribution in [3.8, 4) is 0 Å². The monoisotopic (exact) mass is 242 g/mol. The first-order valence-corrected chi connectivity index (χ1v) is 6.99. The number of likely N-dealkylation sites (tertiary alicyclic amines) is 1. The molecule has 1 unspecified atom stereocenters. The number of methoxy groups -OCH3 is 1. The maximum Gasteiger partial charge on any atom is 0.0502 e. The van der Waals surface area contributed by atoms with E-state index in [9.17, 15) is 0 Å². The Morgan fingerprint density at radius 1 is 1.41 bits per heavy atom. The number of ether oxygens (including phenoxy) is 1. The third-order valence-corrected chi connectivity index (χ3v) is 3.51. The smallest absolute Gasteiger partial charge is 0.0502 e. The lowest BCUT2D eigenvalue weighted by Gasteiger charge is -2.38. The highest BCUT2D eigenvalue weighted by atomic mass is 16.5. The van der Waals surface area contributed by atoms with E-state index in [4.69, 9.17) is 4.74 Å². The summed E-state index contributed by atoms with van der Waals surface area (Å²) in [6, 6.07) is 0. The average Bonchev–Trinajstić information content (AvgIpc) is 2.27. The van der Waals surface area contributed by atoms with Crippen LogP contribution in [-0.2, 0) is 4.74 Å². The Kier molecular flexibility index (Phi) is 6.45. The fraction of sp³-hybridized carbons (Fsp3) is 1.00. The van der Waals surface area contributed by atoms with Crippen LogP contribution in [0.4, 0.5) is 0 Å². The van der Waals surface area contributed by atoms with Crippen molar-refractivity contribution in [2.24, 2.45) is 11.3 Å². The summed E-state index contributed by atoms with van der Waals surface area (Å²) >= 11 is 0. The van der Waals surface area contributed by atoms with Crippen LogP contribution in [0.3, 0.4) is 0 Å². The van der Waals surface area contributed by atoms with Crippen LogP contribution in [0.2, 0.25) is 0 Å². The number of nitrogens with zero attached hydrogens (tertiary/aromatic N) is 1. The van der Waals surface area contributed by atoms with E-state index in [1.54, 1.807) is 0 Å². The van der Waals surface area contributed by atoms with E-state index in [0.29, 0.717) is 5.41 Å². The van der Waals surface area contributed by atoms with Gasteiger partial charge in [0.15, 0.2) is 0 Å². The Bertz CT molecular complexity index is 204. The van der Waals surface area contributed by atoms with Crippen molar-refractivity contribution in [2.75, 3.05) is 46.4 Å². The molecule has 1 rings (SSSR count). The van der Waals surface area contributed by atoms with E-state index in [1.807, 2.05) is 7.11 Å². The first kappa shape index (κ1) is 14.9. The molecule has 1 aliphatic heterocycles. The van der Waals surface area contributed by atoms with Crippen LogP contribution >= 0.6 is 0 Å². The molecule has 1 aliphatic rings. The topological polar surface area (TPSA) is 24.5 Å².